The summed E-state index contributed by atoms with van der Waals surface area (Å²) in [7, 11) is 3.22. The molecule has 1 aromatic carbocycles. The number of rotatable bonds is 4. The van der Waals surface area contributed by atoms with E-state index in [-0.39, 0.29) is 5.91 Å². The molecule has 0 unspecified atom stereocenters. The highest BCUT2D eigenvalue weighted by atomic mass is 32.2. The maximum absolute atomic E-state index is 12.7. The fourth-order valence-corrected chi connectivity index (χ4v) is 4.53. The van der Waals surface area contributed by atoms with Crippen molar-refractivity contribution >= 4 is 29.0 Å². The van der Waals surface area contributed by atoms with Crippen molar-refractivity contribution in [2.45, 2.75) is 6.92 Å². The van der Waals surface area contributed by atoms with Crippen LogP contribution in [-0.2, 0) is 0 Å². The molecular formula is C17H20N2O3S2. The number of thiazole rings is 1. The first-order valence-electron chi connectivity index (χ1n) is 7.71. The Bertz CT molecular complexity index is 739. The number of aryl methyl sites for hydroxylation is 1. The van der Waals surface area contributed by atoms with Gasteiger partial charge in [0.25, 0.3) is 5.91 Å². The zero-order valence-corrected chi connectivity index (χ0v) is 15.6. The number of ether oxygens (including phenoxy) is 2. The van der Waals surface area contributed by atoms with Gasteiger partial charge in [0.15, 0.2) is 11.5 Å². The number of hydrogen-bond acceptors (Lipinski definition) is 6. The van der Waals surface area contributed by atoms with Crippen LogP contribution < -0.4 is 9.47 Å². The van der Waals surface area contributed by atoms with Gasteiger partial charge in [0.05, 0.1) is 19.9 Å². The second-order valence-corrected chi connectivity index (χ2v) is 7.63. The molecule has 2 heterocycles. The van der Waals surface area contributed by atoms with Crippen LogP contribution in [0.4, 0.5) is 0 Å². The molecule has 128 valence electrons. The van der Waals surface area contributed by atoms with E-state index in [2.05, 4.69) is 4.98 Å². The third-order valence-corrected chi connectivity index (χ3v) is 6.06. The van der Waals surface area contributed by atoms with Crippen molar-refractivity contribution in [3.8, 4) is 22.1 Å². The Hall–Kier alpha value is -1.73. The molecule has 1 aromatic heterocycles. The van der Waals surface area contributed by atoms with Gasteiger partial charge in [-0.05, 0) is 25.1 Å². The van der Waals surface area contributed by atoms with Gasteiger partial charge in [-0.2, -0.15) is 11.8 Å². The minimum atomic E-state index is 0.0945. The molecule has 24 heavy (non-hydrogen) atoms. The highest BCUT2D eigenvalue weighted by Gasteiger charge is 2.23. The average molecular weight is 364 g/mol. The quantitative estimate of drug-likeness (QED) is 0.833. The standard InChI is InChI=1S/C17H20N2O3S2/c1-11-15(17(20)19-6-8-23-9-7-19)24-16(18-11)12-4-5-13(21-2)14(10-12)22-3/h4-5,10H,6-9H2,1-3H3. The topological polar surface area (TPSA) is 51.7 Å². The Morgan fingerprint density at radius 3 is 2.54 bits per heavy atom. The number of benzene rings is 1. The maximum atomic E-state index is 12.7. The van der Waals surface area contributed by atoms with E-state index in [4.69, 9.17) is 9.47 Å². The SMILES string of the molecule is COc1ccc(-c2nc(C)c(C(=O)N3CCSCC3)s2)cc1OC. The molecule has 7 heteroatoms. The molecule has 1 fully saturated rings. The van der Waals surface area contributed by atoms with Gasteiger partial charge in [-0.3, -0.25) is 4.79 Å². The van der Waals surface area contributed by atoms with Crippen molar-refractivity contribution in [2.75, 3.05) is 38.8 Å². The third-order valence-electron chi connectivity index (χ3n) is 3.92. The maximum Gasteiger partial charge on any atom is 0.265 e. The van der Waals surface area contributed by atoms with E-state index in [1.807, 2.05) is 41.8 Å². The smallest absolute Gasteiger partial charge is 0.265 e. The minimum absolute atomic E-state index is 0.0945. The number of hydrogen-bond donors (Lipinski definition) is 0. The number of aromatic nitrogens is 1. The van der Waals surface area contributed by atoms with Gasteiger partial charge in [0.2, 0.25) is 0 Å². The Morgan fingerprint density at radius 2 is 1.88 bits per heavy atom. The van der Waals surface area contributed by atoms with E-state index < -0.39 is 0 Å². The monoisotopic (exact) mass is 364 g/mol. The predicted octanol–water partition coefficient (Wildman–Crippen LogP) is 3.32. The van der Waals surface area contributed by atoms with Crippen LogP contribution in [0.1, 0.15) is 15.4 Å². The number of nitrogens with zero attached hydrogens (tertiary/aromatic N) is 2. The number of carbonyl (C=O) groups is 1. The second kappa shape index (κ2) is 7.44. The van der Waals surface area contributed by atoms with Crippen molar-refractivity contribution in [1.82, 2.24) is 9.88 Å². The van der Waals surface area contributed by atoms with E-state index in [0.717, 1.165) is 45.7 Å². The molecule has 1 amide bonds. The predicted molar refractivity (Wildman–Crippen MR) is 98.6 cm³/mol. The number of methoxy groups -OCH3 is 2. The Kier molecular flexibility index (Phi) is 5.30. The molecule has 0 atom stereocenters. The highest BCUT2D eigenvalue weighted by Crippen LogP contribution is 2.35. The van der Waals surface area contributed by atoms with E-state index in [0.29, 0.717) is 11.5 Å². The van der Waals surface area contributed by atoms with Crippen molar-refractivity contribution in [2.24, 2.45) is 0 Å². The number of thioether (sulfide) groups is 1. The van der Waals surface area contributed by atoms with E-state index >= 15 is 0 Å². The fraction of sp³-hybridized carbons (Fsp3) is 0.412. The molecular weight excluding hydrogens is 344 g/mol. The molecule has 0 aliphatic carbocycles. The zero-order chi connectivity index (χ0) is 17.1. The number of amides is 1. The molecule has 1 aliphatic rings. The minimum Gasteiger partial charge on any atom is -0.493 e. The lowest BCUT2D eigenvalue weighted by Gasteiger charge is -2.25. The first-order valence-corrected chi connectivity index (χ1v) is 9.68. The summed E-state index contributed by atoms with van der Waals surface area (Å²) in [4.78, 5) is 20.0. The summed E-state index contributed by atoms with van der Waals surface area (Å²) in [5, 5.41) is 0.822. The summed E-state index contributed by atoms with van der Waals surface area (Å²) >= 11 is 3.33. The second-order valence-electron chi connectivity index (χ2n) is 5.41. The van der Waals surface area contributed by atoms with Crippen LogP contribution in [0.5, 0.6) is 11.5 Å². The molecule has 3 rings (SSSR count). The van der Waals surface area contributed by atoms with E-state index in [1.165, 1.54) is 11.3 Å². The van der Waals surface area contributed by atoms with E-state index in [1.54, 1.807) is 14.2 Å². The van der Waals surface area contributed by atoms with Crippen LogP contribution in [0.3, 0.4) is 0 Å². The van der Waals surface area contributed by atoms with Gasteiger partial charge in [0, 0.05) is 30.2 Å². The lowest BCUT2D eigenvalue weighted by Crippen LogP contribution is -2.37. The summed E-state index contributed by atoms with van der Waals surface area (Å²) in [6.45, 7) is 3.52. The molecule has 1 aliphatic heterocycles. The van der Waals surface area contributed by atoms with Crippen molar-refractivity contribution in [1.29, 1.82) is 0 Å². The Labute approximate surface area is 150 Å². The summed E-state index contributed by atoms with van der Waals surface area (Å²) in [5.74, 6) is 3.44. The van der Waals surface area contributed by atoms with Crippen LogP contribution in [0.2, 0.25) is 0 Å². The van der Waals surface area contributed by atoms with Crippen molar-refractivity contribution in [3.63, 3.8) is 0 Å². The zero-order valence-electron chi connectivity index (χ0n) is 14.0. The van der Waals surface area contributed by atoms with Gasteiger partial charge >= 0.3 is 0 Å². The molecule has 0 bridgehead atoms. The lowest BCUT2D eigenvalue weighted by atomic mass is 10.2. The molecule has 1 saturated heterocycles. The van der Waals surface area contributed by atoms with Gasteiger partial charge < -0.3 is 14.4 Å². The van der Waals surface area contributed by atoms with Gasteiger partial charge in [-0.15, -0.1) is 11.3 Å². The molecule has 0 N–H and O–H groups in total. The van der Waals surface area contributed by atoms with Crippen LogP contribution in [0.15, 0.2) is 18.2 Å². The summed E-state index contributed by atoms with van der Waals surface area (Å²) in [6, 6.07) is 5.68. The molecule has 0 spiro atoms. The summed E-state index contributed by atoms with van der Waals surface area (Å²) < 4.78 is 10.6. The molecule has 5 nitrogen and oxygen atoms in total. The Balaban J connectivity index is 1.89. The largest absolute Gasteiger partial charge is 0.493 e. The fourth-order valence-electron chi connectivity index (χ4n) is 2.60. The molecule has 0 radical (unpaired) electrons. The van der Waals surface area contributed by atoms with Crippen LogP contribution in [-0.4, -0.2) is 54.6 Å². The normalized spacial score (nSPS) is 14.5. The molecule has 2 aromatic rings. The summed E-state index contributed by atoms with van der Waals surface area (Å²) in [5.41, 5.74) is 1.71. The number of carbonyl (C=O) groups excluding carboxylic acids is 1. The Morgan fingerprint density at radius 1 is 1.17 bits per heavy atom. The van der Waals surface area contributed by atoms with Crippen molar-refractivity contribution in [3.05, 3.63) is 28.8 Å². The summed E-state index contributed by atoms with van der Waals surface area (Å²) in [6.07, 6.45) is 0. The van der Waals surface area contributed by atoms with Gasteiger partial charge in [-0.25, -0.2) is 4.98 Å². The molecule has 0 saturated carbocycles. The van der Waals surface area contributed by atoms with Crippen LogP contribution >= 0.6 is 23.1 Å². The first kappa shape index (κ1) is 17.1. The average Bonchev–Trinajstić information content (AvgIpc) is 3.03. The first-order chi connectivity index (χ1) is 11.6. The van der Waals surface area contributed by atoms with Gasteiger partial charge in [-0.1, -0.05) is 0 Å². The van der Waals surface area contributed by atoms with Crippen LogP contribution in [0.25, 0.3) is 10.6 Å². The van der Waals surface area contributed by atoms with Gasteiger partial charge in [0.1, 0.15) is 9.88 Å². The van der Waals surface area contributed by atoms with Crippen molar-refractivity contribution < 1.29 is 14.3 Å². The highest BCUT2D eigenvalue weighted by molar-refractivity contribution is 7.99. The lowest BCUT2D eigenvalue weighted by molar-refractivity contribution is 0.0776. The van der Waals surface area contributed by atoms with Crippen LogP contribution in [0, 0.1) is 6.92 Å². The van der Waals surface area contributed by atoms with E-state index in [9.17, 15) is 4.79 Å². The third kappa shape index (κ3) is 3.37.